The molecule has 1 rings (SSSR count). The van der Waals surface area contributed by atoms with E-state index in [4.69, 9.17) is 0 Å². The average molecular weight is 177 g/mol. The molecule has 0 atom stereocenters. The van der Waals surface area contributed by atoms with Gasteiger partial charge in [0, 0.05) is 27.3 Å². The van der Waals surface area contributed by atoms with Crippen LogP contribution >= 0.6 is 0 Å². The van der Waals surface area contributed by atoms with Crippen LogP contribution in [-0.4, -0.2) is 36.9 Å². The molecule has 3 nitrogen and oxygen atoms in total. The largest absolute Gasteiger partial charge is 0.361 e. The fraction of sp³-hybridized carbons (Fsp3) is 0.400. The van der Waals surface area contributed by atoms with Gasteiger partial charge in [0.2, 0.25) is 0 Å². The average Bonchev–Trinajstić information content (AvgIpc) is 2.04. The summed E-state index contributed by atoms with van der Waals surface area (Å²) in [4.78, 5) is 10.4. The Kier molecular flexibility index (Phi) is 3.01. The lowest BCUT2D eigenvalue weighted by atomic mass is 10.2. The molecule has 0 radical (unpaired) electrons. The highest BCUT2D eigenvalue weighted by molar-refractivity contribution is 5.96. The van der Waals surface area contributed by atoms with Gasteiger partial charge >= 0.3 is 0 Å². The summed E-state index contributed by atoms with van der Waals surface area (Å²) in [5, 5.41) is 0. The van der Waals surface area contributed by atoms with Crippen molar-refractivity contribution in [3.8, 4) is 0 Å². The Morgan fingerprint density at radius 2 is 2.15 bits per heavy atom. The second kappa shape index (κ2) is 4.03. The monoisotopic (exact) mass is 177 g/mol. The number of rotatable bonds is 1. The van der Waals surface area contributed by atoms with Gasteiger partial charge < -0.3 is 4.90 Å². The Hall–Kier alpha value is -1.38. The molecule has 0 fully saturated rings. The van der Waals surface area contributed by atoms with E-state index in [-0.39, 0.29) is 0 Å². The summed E-state index contributed by atoms with van der Waals surface area (Å²) < 4.78 is 0. The minimum atomic E-state index is 0.906. The molecule has 0 aliphatic rings. The summed E-state index contributed by atoms with van der Waals surface area (Å²) in [6.45, 7) is 2.05. The van der Waals surface area contributed by atoms with E-state index in [1.807, 2.05) is 38.1 Å². The number of aryl methyl sites for hydroxylation is 1. The van der Waals surface area contributed by atoms with Crippen molar-refractivity contribution >= 4 is 5.84 Å². The maximum absolute atomic E-state index is 4.26. The molecular formula is C10H15N3. The van der Waals surface area contributed by atoms with Crippen LogP contribution < -0.4 is 0 Å². The van der Waals surface area contributed by atoms with Crippen LogP contribution in [0.25, 0.3) is 0 Å². The van der Waals surface area contributed by atoms with Crippen LogP contribution in [-0.2, 0) is 0 Å². The van der Waals surface area contributed by atoms with Gasteiger partial charge in [0.25, 0.3) is 0 Å². The number of aliphatic imine (C=N–C) groups is 1. The second-order valence-electron chi connectivity index (χ2n) is 3.16. The van der Waals surface area contributed by atoms with Crippen molar-refractivity contribution in [1.82, 2.24) is 9.88 Å². The minimum absolute atomic E-state index is 0.906. The predicted octanol–water partition coefficient (Wildman–Crippen LogP) is 1.33. The van der Waals surface area contributed by atoms with Crippen LogP contribution in [0.3, 0.4) is 0 Å². The van der Waals surface area contributed by atoms with Gasteiger partial charge in [-0.05, 0) is 24.6 Å². The molecule has 3 heteroatoms. The summed E-state index contributed by atoms with van der Waals surface area (Å²) in [6.07, 6.45) is 1.80. The first-order valence-corrected chi connectivity index (χ1v) is 4.22. The third-order valence-corrected chi connectivity index (χ3v) is 1.78. The van der Waals surface area contributed by atoms with Crippen molar-refractivity contribution in [2.75, 3.05) is 21.1 Å². The van der Waals surface area contributed by atoms with Crippen molar-refractivity contribution in [2.45, 2.75) is 6.92 Å². The summed E-state index contributed by atoms with van der Waals surface area (Å²) in [6, 6.07) is 4.01. The van der Waals surface area contributed by atoms with Crippen molar-refractivity contribution in [3.63, 3.8) is 0 Å². The first kappa shape index (κ1) is 9.71. The number of hydrogen-bond acceptors (Lipinski definition) is 2. The molecule has 0 aromatic carbocycles. The van der Waals surface area contributed by atoms with E-state index in [1.54, 1.807) is 13.2 Å². The molecule has 0 aliphatic heterocycles. The lowest BCUT2D eigenvalue weighted by Gasteiger charge is -2.14. The Labute approximate surface area is 79.1 Å². The molecule has 0 N–H and O–H groups in total. The van der Waals surface area contributed by atoms with Crippen LogP contribution in [0.1, 0.15) is 11.3 Å². The van der Waals surface area contributed by atoms with Gasteiger partial charge in [-0.3, -0.25) is 9.98 Å². The van der Waals surface area contributed by atoms with E-state index in [1.165, 1.54) is 5.56 Å². The molecule has 1 aromatic heterocycles. The zero-order chi connectivity index (χ0) is 9.84. The van der Waals surface area contributed by atoms with Crippen LogP contribution in [0.15, 0.2) is 23.3 Å². The highest BCUT2D eigenvalue weighted by Gasteiger charge is 2.05. The summed E-state index contributed by atoms with van der Waals surface area (Å²) in [5.74, 6) is 0.906. The third-order valence-electron chi connectivity index (χ3n) is 1.78. The first-order chi connectivity index (χ1) is 6.15. The molecule has 70 valence electrons. The standard InChI is InChI=1S/C10H15N3/c1-8-5-6-12-9(7-8)10(11-2)13(3)4/h5-7H,1-4H3. The quantitative estimate of drug-likeness (QED) is 0.478. The lowest BCUT2D eigenvalue weighted by molar-refractivity contribution is 0.620. The van der Waals surface area contributed by atoms with Gasteiger partial charge in [-0.25, -0.2) is 0 Å². The number of hydrogen-bond donors (Lipinski definition) is 0. The highest BCUT2D eigenvalue weighted by Crippen LogP contribution is 2.02. The Bertz CT molecular complexity index is 316. The molecule has 1 aromatic rings. The van der Waals surface area contributed by atoms with Gasteiger partial charge in [-0.15, -0.1) is 0 Å². The summed E-state index contributed by atoms with van der Waals surface area (Å²) in [5.41, 5.74) is 2.13. The Balaban J connectivity index is 3.06. The minimum Gasteiger partial charge on any atom is -0.361 e. The molecular weight excluding hydrogens is 162 g/mol. The molecule has 0 spiro atoms. The second-order valence-corrected chi connectivity index (χ2v) is 3.16. The van der Waals surface area contributed by atoms with Crippen LogP contribution in [0, 0.1) is 6.92 Å². The maximum Gasteiger partial charge on any atom is 0.149 e. The summed E-state index contributed by atoms with van der Waals surface area (Å²) >= 11 is 0. The van der Waals surface area contributed by atoms with Crippen molar-refractivity contribution < 1.29 is 0 Å². The molecule has 13 heavy (non-hydrogen) atoms. The first-order valence-electron chi connectivity index (χ1n) is 4.22. The number of pyridine rings is 1. The van der Waals surface area contributed by atoms with Crippen molar-refractivity contribution in [3.05, 3.63) is 29.6 Å². The van der Waals surface area contributed by atoms with Gasteiger partial charge in [0.15, 0.2) is 0 Å². The van der Waals surface area contributed by atoms with E-state index >= 15 is 0 Å². The van der Waals surface area contributed by atoms with E-state index in [2.05, 4.69) is 9.98 Å². The summed E-state index contributed by atoms with van der Waals surface area (Å²) in [7, 11) is 5.71. The van der Waals surface area contributed by atoms with Crippen LogP contribution in [0.5, 0.6) is 0 Å². The van der Waals surface area contributed by atoms with E-state index in [0.717, 1.165) is 11.5 Å². The van der Waals surface area contributed by atoms with E-state index in [9.17, 15) is 0 Å². The Morgan fingerprint density at radius 1 is 1.46 bits per heavy atom. The smallest absolute Gasteiger partial charge is 0.149 e. The fourth-order valence-corrected chi connectivity index (χ4v) is 1.20. The molecule has 1 heterocycles. The zero-order valence-electron chi connectivity index (χ0n) is 8.57. The van der Waals surface area contributed by atoms with Crippen molar-refractivity contribution in [2.24, 2.45) is 4.99 Å². The van der Waals surface area contributed by atoms with Gasteiger partial charge in [0.05, 0.1) is 0 Å². The molecule has 0 amide bonds. The molecule has 0 bridgehead atoms. The number of aromatic nitrogens is 1. The van der Waals surface area contributed by atoms with Gasteiger partial charge in [-0.2, -0.15) is 0 Å². The topological polar surface area (TPSA) is 28.5 Å². The fourth-order valence-electron chi connectivity index (χ4n) is 1.20. The Morgan fingerprint density at radius 3 is 2.62 bits per heavy atom. The van der Waals surface area contributed by atoms with Gasteiger partial charge in [0.1, 0.15) is 11.5 Å². The highest BCUT2D eigenvalue weighted by atomic mass is 15.1. The van der Waals surface area contributed by atoms with Crippen molar-refractivity contribution in [1.29, 1.82) is 0 Å². The third kappa shape index (κ3) is 2.28. The molecule has 0 aliphatic carbocycles. The van der Waals surface area contributed by atoms with Gasteiger partial charge in [-0.1, -0.05) is 0 Å². The molecule has 0 saturated heterocycles. The zero-order valence-corrected chi connectivity index (χ0v) is 8.57. The van der Waals surface area contributed by atoms with E-state index < -0.39 is 0 Å². The van der Waals surface area contributed by atoms with E-state index in [0.29, 0.717) is 0 Å². The SMILES string of the molecule is CN=C(c1cc(C)ccn1)N(C)C. The number of nitrogens with zero attached hydrogens (tertiary/aromatic N) is 3. The van der Waals surface area contributed by atoms with Crippen LogP contribution in [0.4, 0.5) is 0 Å². The predicted molar refractivity (Wildman–Crippen MR) is 55.1 cm³/mol. The maximum atomic E-state index is 4.26. The molecule has 0 unspecified atom stereocenters. The normalized spacial score (nSPS) is 11.5. The number of amidine groups is 1. The van der Waals surface area contributed by atoms with Crippen LogP contribution in [0.2, 0.25) is 0 Å². The lowest BCUT2D eigenvalue weighted by Crippen LogP contribution is -2.23. The molecule has 0 saturated carbocycles.